The standard InChI is InChI=1S/C16H24O5/c1-10(17)16(2,3)12-7-5-6-11(8-12)9-13(18)14(19)15(20)21-4/h5-8,10,13-14,17-19H,9H2,1-4H3. The van der Waals surface area contributed by atoms with Crippen LogP contribution >= 0.6 is 0 Å². The number of carbonyl (C=O) groups is 1. The highest BCUT2D eigenvalue weighted by molar-refractivity contribution is 5.74. The first-order valence-electron chi connectivity index (χ1n) is 6.91. The van der Waals surface area contributed by atoms with Gasteiger partial charge in [-0.15, -0.1) is 0 Å². The third-order valence-electron chi connectivity index (χ3n) is 3.97. The molecule has 0 aliphatic rings. The van der Waals surface area contributed by atoms with Crippen LogP contribution in [0.5, 0.6) is 0 Å². The molecule has 0 bridgehead atoms. The molecule has 0 amide bonds. The molecule has 3 unspecified atom stereocenters. The van der Waals surface area contributed by atoms with Crippen LogP contribution in [0.3, 0.4) is 0 Å². The third kappa shape index (κ3) is 4.27. The Kier molecular flexibility index (Phi) is 5.89. The van der Waals surface area contributed by atoms with Gasteiger partial charge in [0.1, 0.15) is 0 Å². The van der Waals surface area contributed by atoms with Gasteiger partial charge in [-0.3, -0.25) is 0 Å². The lowest BCUT2D eigenvalue weighted by molar-refractivity contribution is -0.156. The zero-order chi connectivity index (χ0) is 16.2. The highest BCUT2D eigenvalue weighted by atomic mass is 16.5. The number of esters is 1. The average Bonchev–Trinajstić information content (AvgIpc) is 2.45. The number of methoxy groups -OCH3 is 1. The SMILES string of the molecule is COC(=O)C(O)C(O)Cc1cccc(C(C)(C)C(C)O)c1. The minimum Gasteiger partial charge on any atom is -0.467 e. The zero-order valence-electron chi connectivity index (χ0n) is 12.9. The topological polar surface area (TPSA) is 87.0 Å². The molecule has 0 heterocycles. The minimum atomic E-state index is -1.57. The Balaban J connectivity index is 2.89. The van der Waals surface area contributed by atoms with Crippen LogP contribution in [0.25, 0.3) is 0 Å². The summed E-state index contributed by atoms with van der Waals surface area (Å²) in [4.78, 5) is 11.2. The number of aliphatic hydroxyl groups is 3. The molecular formula is C16H24O5. The summed E-state index contributed by atoms with van der Waals surface area (Å²) in [6.07, 6.45) is -3.20. The molecule has 0 radical (unpaired) electrons. The maximum atomic E-state index is 11.2. The fraction of sp³-hybridized carbons (Fsp3) is 0.562. The smallest absolute Gasteiger partial charge is 0.337 e. The number of carbonyl (C=O) groups excluding carboxylic acids is 1. The number of rotatable bonds is 6. The summed E-state index contributed by atoms with van der Waals surface area (Å²) in [5, 5.41) is 29.3. The van der Waals surface area contributed by atoms with Crippen molar-refractivity contribution >= 4 is 5.97 Å². The molecule has 118 valence electrons. The molecule has 0 aliphatic heterocycles. The zero-order valence-corrected chi connectivity index (χ0v) is 12.9. The van der Waals surface area contributed by atoms with E-state index in [9.17, 15) is 20.1 Å². The molecular weight excluding hydrogens is 272 g/mol. The number of ether oxygens (including phenoxy) is 1. The van der Waals surface area contributed by atoms with E-state index in [-0.39, 0.29) is 6.42 Å². The van der Waals surface area contributed by atoms with E-state index in [0.29, 0.717) is 0 Å². The van der Waals surface area contributed by atoms with Crippen molar-refractivity contribution in [1.29, 1.82) is 0 Å². The highest BCUT2D eigenvalue weighted by Gasteiger charge is 2.28. The molecule has 1 rings (SSSR count). The molecule has 3 N–H and O–H groups in total. The van der Waals surface area contributed by atoms with E-state index in [0.717, 1.165) is 18.2 Å². The van der Waals surface area contributed by atoms with E-state index in [1.54, 1.807) is 13.0 Å². The summed E-state index contributed by atoms with van der Waals surface area (Å²) < 4.78 is 4.40. The molecule has 0 saturated carbocycles. The van der Waals surface area contributed by atoms with Crippen LogP contribution in [0, 0.1) is 0 Å². The monoisotopic (exact) mass is 296 g/mol. The predicted molar refractivity (Wildman–Crippen MR) is 78.9 cm³/mol. The first-order valence-corrected chi connectivity index (χ1v) is 6.91. The molecule has 5 heteroatoms. The molecule has 1 aromatic carbocycles. The van der Waals surface area contributed by atoms with Gasteiger partial charge in [0.2, 0.25) is 0 Å². The summed E-state index contributed by atoms with van der Waals surface area (Å²) in [7, 11) is 1.16. The van der Waals surface area contributed by atoms with Crippen molar-refractivity contribution in [3.8, 4) is 0 Å². The third-order valence-corrected chi connectivity index (χ3v) is 3.97. The van der Waals surface area contributed by atoms with E-state index in [2.05, 4.69) is 4.74 Å². The van der Waals surface area contributed by atoms with E-state index in [1.165, 1.54) is 0 Å². The summed E-state index contributed by atoms with van der Waals surface area (Å²) in [5.41, 5.74) is 1.27. The van der Waals surface area contributed by atoms with Crippen LogP contribution < -0.4 is 0 Å². The normalized spacial score (nSPS) is 16.1. The fourth-order valence-electron chi connectivity index (χ4n) is 1.97. The van der Waals surface area contributed by atoms with Crippen molar-refractivity contribution in [3.63, 3.8) is 0 Å². The second kappa shape index (κ2) is 7.02. The number of hydrogen-bond acceptors (Lipinski definition) is 5. The average molecular weight is 296 g/mol. The van der Waals surface area contributed by atoms with E-state index >= 15 is 0 Å². The van der Waals surface area contributed by atoms with Crippen molar-refractivity contribution in [2.24, 2.45) is 0 Å². The van der Waals surface area contributed by atoms with Crippen LogP contribution in [-0.4, -0.2) is 46.7 Å². The van der Waals surface area contributed by atoms with Gasteiger partial charge in [-0.05, 0) is 18.1 Å². The number of aliphatic hydroxyl groups excluding tert-OH is 3. The van der Waals surface area contributed by atoms with E-state index in [1.807, 2.05) is 32.0 Å². The quantitative estimate of drug-likeness (QED) is 0.675. The van der Waals surface area contributed by atoms with Gasteiger partial charge in [-0.1, -0.05) is 38.1 Å². The van der Waals surface area contributed by atoms with Gasteiger partial charge in [0.05, 0.1) is 19.3 Å². The Morgan fingerprint density at radius 2 is 1.90 bits per heavy atom. The second-order valence-electron chi connectivity index (χ2n) is 5.84. The van der Waals surface area contributed by atoms with Crippen LogP contribution in [0.1, 0.15) is 31.9 Å². The molecule has 0 aromatic heterocycles. The Bertz CT molecular complexity index is 481. The van der Waals surface area contributed by atoms with Crippen molar-refractivity contribution in [2.75, 3.05) is 7.11 Å². The Hall–Kier alpha value is -1.43. The summed E-state index contributed by atoms with van der Waals surface area (Å²) in [6, 6.07) is 7.39. The molecule has 5 nitrogen and oxygen atoms in total. The summed E-state index contributed by atoms with van der Waals surface area (Å²) in [6.45, 7) is 5.58. The fourth-order valence-corrected chi connectivity index (χ4v) is 1.97. The molecule has 21 heavy (non-hydrogen) atoms. The Morgan fingerprint density at radius 1 is 1.29 bits per heavy atom. The highest BCUT2D eigenvalue weighted by Crippen LogP contribution is 2.28. The van der Waals surface area contributed by atoms with Crippen molar-refractivity contribution in [2.45, 2.75) is 50.9 Å². The molecule has 0 spiro atoms. The first-order chi connectivity index (χ1) is 9.70. The predicted octanol–water partition coefficient (Wildman–Crippen LogP) is 0.782. The van der Waals surface area contributed by atoms with Gasteiger partial charge < -0.3 is 20.1 Å². The lowest BCUT2D eigenvalue weighted by Crippen LogP contribution is -2.36. The maximum Gasteiger partial charge on any atom is 0.337 e. The van der Waals surface area contributed by atoms with Gasteiger partial charge in [0.15, 0.2) is 6.10 Å². The van der Waals surface area contributed by atoms with Gasteiger partial charge >= 0.3 is 5.97 Å². The summed E-state index contributed by atoms with van der Waals surface area (Å²) >= 11 is 0. The first kappa shape index (κ1) is 17.6. The lowest BCUT2D eigenvalue weighted by Gasteiger charge is -2.29. The summed E-state index contributed by atoms with van der Waals surface area (Å²) in [5.74, 6) is -0.858. The molecule has 0 aliphatic carbocycles. The van der Waals surface area contributed by atoms with Gasteiger partial charge in [-0.25, -0.2) is 4.79 Å². The minimum absolute atomic E-state index is 0.125. The van der Waals surface area contributed by atoms with Gasteiger partial charge in [0, 0.05) is 11.8 Å². The molecule has 0 saturated heterocycles. The largest absolute Gasteiger partial charge is 0.467 e. The molecule has 1 aromatic rings. The van der Waals surface area contributed by atoms with Gasteiger partial charge in [0.25, 0.3) is 0 Å². The van der Waals surface area contributed by atoms with Crippen molar-refractivity contribution < 1.29 is 24.9 Å². The van der Waals surface area contributed by atoms with Crippen LogP contribution in [0.4, 0.5) is 0 Å². The maximum absolute atomic E-state index is 11.2. The molecule has 3 atom stereocenters. The Labute approximate surface area is 125 Å². The number of hydrogen-bond donors (Lipinski definition) is 3. The molecule has 0 fully saturated rings. The Morgan fingerprint density at radius 3 is 2.43 bits per heavy atom. The van der Waals surface area contributed by atoms with E-state index in [4.69, 9.17) is 0 Å². The second-order valence-corrected chi connectivity index (χ2v) is 5.84. The van der Waals surface area contributed by atoms with Crippen LogP contribution in [-0.2, 0) is 21.4 Å². The van der Waals surface area contributed by atoms with E-state index < -0.39 is 29.7 Å². The number of benzene rings is 1. The van der Waals surface area contributed by atoms with Crippen LogP contribution in [0.15, 0.2) is 24.3 Å². The van der Waals surface area contributed by atoms with Crippen molar-refractivity contribution in [3.05, 3.63) is 35.4 Å². The lowest BCUT2D eigenvalue weighted by atomic mass is 9.79. The van der Waals surface area contributed by atoms with Crippen molar-refractivity contribution in [1.82, 2.24) is 0 Å². The van der Waals surface area contributed by atoms with Gasteiger partial charge in [-0.2, -0.15) is 0 Å². The van der Waals surface area contributed by atoms with Crippen LogP contribution in [0.2, 0.25) is 0 Å².